The van der Waals surface area contributed by atoms with Gasteiger partial charge in [-0.2, -0.15) is 5.10 Å². The highest BCUT2D eigenvalue weighted by Crippen LogP contribution is 2.33. The van der Waals surface area contributed by atoms with E-state index in [9.17, 15) is 0 Å². The van der Waals surface area contributed by atoms with Gasteiger partial charge in [0.25, 0.3) is 0 Å². The first kappa shape index (κ1) is 21.3. The maximum absolute atomic E-state index is 6.20. The van der Waals surface area contributed by atoms with Gasteiger partial charge in [-0.15, -0.1) is 0 Å². The maximum atomic E-state index is 6.20. The van der Waals surface area contributed by atoms with Crippen molar-refractivity contribution in [3.63, 3.8) is 0 Å². The number of aromatic nitrogens is 3. The monoisotopic (exact) mass is 549 g/mol. The molecule has 0 aliphatic carbocycles. The van der Waals surface area contributed by atoms with E-state index in [-0.39, 0.29) is 0 Å². The second kappa shape index (κ2) is 9.50. The maximum Gasteiger partial charge on any atom is 0.163 e. The summed E-state index contributed by atoms with van der Waals surface area (Å²) in [5.41, 5.74) is 1.88. The minimum Gasteiger partial charge on any atom is -0.497 e. The Bertz CT molecular complexity index is 1370. The highest BCUT2D eigenvalue weighted by atomic mass is 127. The van der Waals surface area contributed by atoms with E-state index in [1.165, 1.54) is 0 Å². The first-order valence-electron chi connectivity index (χ1n) is 10.3. The molecule has 0 bridgehead atoms. The highest BCUT2D eigenvalue weighted by Gasteiger charge is 2.16. The molecule has 3 aromatic carbocycles. The fourth-order valence-electron chi connectivity index (χ4n) is 3.45. The molecule has 164 valence electrons. The predicted octanol–water partition coefficient (Wildman–Crippen LogP) is 6.68. The van der Waals surface area contributed by atoms with Crippen molar-refractivity contribution in [1.29, 1.82) is 0 Å². The number of nitrogens with zero attached hydrogens (tertiary/aromatic N) is 3. The predicted molar refractivity (Wildman–Crippen MR) is 135 cm³/mol. The fraction of sp³-hybridized carbons (Fsp3) is 0.0769. The molecule has 0 aliphatic heterocycles. The zero-order valence-electron chi connectivity index (χ0n) is 17.8. The fourth-order valence-corrected chi connectivity index (χ4v) is 4.22. The van der Waals surface area contributed by atoms with Gasteiger partial charge in [0.15, 0.2) is 5.65 Å². The molecule has 2 aromatic heterocycles. The molecule has 5 aromatic rings. The zero-order valence-corrected chi connectivity index (χ0v) is 20.0. The van der Waals surface area contributed by atoms with Crippen LogP contribution >= 0.6 is 22.6 Å². The van der Waals surface area contributed by atoms with Gasteiger partial charge in [0.05, 0.1) is 19.0 Å². The number of hydrogen-bond acceptors (Lipinski definition) is 5. The van der Waals surface area contributed by atoms with Gasteiger partial charge in [-0.3, -0.25) is 0 Å². The van der Waals surface area contributed by atoms with Gasteiger partial charge in [-0.1, -0.05) is 30.3 Å². The summed E-state index contributed by atoms with van der Waals surface area (Å²) in [4.78, 5) is 4.57. The average molecular weight is 549 g/mol. The van der Waals surface area contributed by atoms with Crippen molar-refractivity contribution >= 4 is 33.6 Å². The van der Waals surface area contributed by atoms with Crippen LogP contribution in [0.2, 0.25) is 0 Å². The third-order valence-corrected chi connectivity index (χ3v) is 5.83. The summed E-state index contributed by atoms with van der Waals surface area (Å²) in [6.45, 7) is 0.603. The van der Waals surface area contributed by atoms with Gasteiger partial charge in [0.2, 0.25) is 0 Å². The topological polar surface area (TPSA) is 58.4 Å². The Kier molecular flexibility index (Phi) is 6.12. The van der Waals surface area contributed by atoms with E-state index in [0.717, 1.165) is 37.5 Å². The summed E-state index contributed by atoms with van der Waals surface area (Å²) in [5, 5.41) is 5.59. The van der Waals surface area contributed by atoms with E-state index in [2.05, 4.69) is 27.6 Å². The Morgan fingerprint density at radius 1 is 0.758 bits per heavy atom. The number of ether oxygens (including phenoxy) is 3. The second-order valence-electron chi connectivity index (χ2n) is 7.29. The lowest BCUT2D eigenvalue weighted by atomic mass is 10.2. The number of pyridine rings is 1. The lowest BCUT2D eigenvalue weighted by Gasteiger charge is -2.09. The number of benzene rings is 3. The van der Waals surface area contributed by atoms with E-state index in [0.29, 0.717) is 18.0 Å². The van der Waals surface area contributed by atoms with Gasteiger partial charge < -0.3 is 14.2 Å². The molecule has 0 fully saturated rings. The molecule has 2 heterocycles. The molecule has 6 nitrogen and oxygen atoms in total. The van der Waals surface area contributed by atoms with Crippen LogP contribution in [0.5, 0.6) is 28.7 Å². The Labute approximate surface area is 204 Å². The molecule has 0 radical (unpaired) electrons. The van der Waals surface area contributed by atoms with Gasteiger partial charge in [-0.25, -0.2) is 9.67 Å². The van der Waals surface area contributed by atoms with Crippen molar-refractivity contribution in [2.24, 2.45) is 0 Å². The van der Waals surface area contributed by atoms with Crippen molar-refractivity contribution in [2.45, 2.75) is 6.54 Å². The molecular formula is C26H20IN3O3. The molecule has 0 spiro atoms. The summed E-state index contributed by atoms with van der Waals surface area (Å²) in [6.07, 6.45) is 1.74. The molecule has 0 amide bonds. The van der Waals surface area contributed by atoms with Crippen LogP contribution in [-0.2, 0) is 6.54 Å². The van der Waals surface area contributed by atoms with Crippen molar-refractivity contribution in [2.75, 3.05) is 7.11 Å². The Balaban J connectivity index is 1.37. The minimum absolute atomic E-state index is 0.603. The van der Waals surface area contributed by atoms with Crippen LogP contribution in [0.1, 0.15) is 5.56 Å². The van der Waals surface area contributed by atoms with Crippen molar-refractivity contribution in [1.82, 2.24) is 14.8 Å². The Morgan fingerprint density at radius 2 is 1.39 bits per heavy atom. The molecule has 33 heavy (non-hydrogen) atoms. The van der Waals surface area contributed by atoms with E-state index < -0.39 is 0 Å². The van der Waals surface area contributed by atoms with Crippen LogP contribution in [0.15, 0.2) is 91.1 Å². The molecule has 0 atom stereocenters. The van der Waals surface area contributed by atoms with Crippen LogP contribution in [0.25, 0.3) is 11.0 Å². The first-order chi connectivity index (χ1) is 16.2. The van der Waals surface area contributed by atoms with Gasteiger partial charge >= 0.3 is 0 Å². The van der Waals surface area contributed by atoms with Crippen molar-refractivity contribution in [3.05, 3.63) is 100 Å². The lowest BCUT2D eigenvalue weighted by molar-refractivity contribution is 0.414. The number of hydrogen-bond donors (Lipinski definition) is 0. The van der Waals surface area contributed by atoms with E-state index in [1.807, 2.05) is 89.6 Å². The zero-order chi connectivity index (χ0) is 22.6. The van der Waals surface area contributed by atoms with Gasteiger partial charge in [-0.05, 0) is 76.7 Å². The third kappa shape index (κ3) is 4.78. The van der Waals surface area contributed by atoms with E-state index >= 15 is 0 Å². The molecule has 0 aliphatic rings. The SMILES string of the molecule is COc1ccc(Cn2nc(I)c3c(Oc4ccc(Oc5ccccc5)cc4)ccnc32)cc1. The molecule has 0 saturated heterocycles. The molecule has 0 unspecified atom stereocenters. The number of rotatable bonds is 7. The molecular weight excluding hydrogens is 529 g/mol. The standard InChI is InChI=1S/C26H20IN3O3/c1-31-19-9-7-18(8-10-19)17-30-26-24(25(27)29-30)23(15-16-28-26)33-22-13-11-21(12-14-22)32-20-5-3-2-4-6-20/h2-16H,17H2,1H3. The van der Waals surface area contributed by atoms with E-state index in [4.69, 9.17) is 19.3 Å². The summed E-state index contributed by atoms with van der Waals surface area (Å²) in [6, 6.07) is 27.0. The smallest absolute Gasteiger partial charge is 0.163 e. The Hall–Kier alpha value is -3.59. The van der Waals surface area contributed by atoms with Crippen LogP contribution in [0, 0.1) is 3.70 Å². The molecule has 0 saturated carbocycles. The average Bonchev–Trinajstić information content (AvgIpc) is 3.17. The van der Waals surface area contributed by atoms with Crippen LogP contribution in [0.3, 0.4) is 0 Å². The summed E-state index contributed by atoms with van der Waals surface area (Å²) >= 11 is 2.23. The highest BCUT2D eigenvalue weighted by molar-refractivity contribution is 14.1. The molecule has 0 N–H and O–H groups in total. The number of methoxy groups -OCH3 is 1. The first-order valence-corrected chi connectivity index (χ1v) is 11.4. The number of para-hydroxylation sites is 1. The Morgan fingerprint density at radius 3 is 2.09 bits per heavy atom. The summed E-state index contributed by atoms with van der Waals surface area (Å²) in [5.74, 6) is 3.78. The summed E-state index contributed by atoms with van der Waals surface area (Å²) in [7, 11) is 1.66. The van der Waals surface area contributed by atoms with Crippen LogP contribution in [-0.4, -0.2) is 21.9 Å². The largest absolute Gasteiger partial charge is 0.497 e. The molecule has 7 heteroatoms. The van der Waals surface area contributed by atoms with Gasteiger partial charge in [0, 0.05) is 12.3 Å². The van der Waals surface area contributed by atoms with Crippen molar-refractivity contribution in [3.8, 4) is 28.7 Å². The van der Waals surface area contributed by atoms with Gasteiger partial charge in [0.1, 0.15) is 32.4 Å². The third-order valence-electron chi connectivity index (χ3n) is 5.07. The summed E-state index contributed by atoms with van der Waals surface area (Å²) < 4.78 is 20.0. The minimum atomic E-state index is 0.603. The molecule has 5 rings (SSSR count). The quantitative estimate of drug-likeness (QED) is 0.212. The normalized spacial score (nSPS) is 10.8. The second-order valence-corrected chi connectivity index (χ2v) is 8.31. The van der Waals surface area contributed by atoms with Crippen molar-refractivity contribution < 1.29 is 14.2 Å². The van der Waals surface area contributed by atoms with E-state index in [1.54, 1.807) is 13.3 Å². The number of fused-ring (bicyclic) bond motifs is 1. The number of halogens is 1. The lowest BCUT2D eigenvalue weighted by Crippen LogP contribution is -2.02. The van der Waals surface area contributed by atoms with Crippen LogP contribution < -0.4 is 14.2 Å². The van der Waals surface area contributed by atoms with Crippen LogP contribution in [0.4, 0.5) is 0 Å².